The molecule has 5 aromatic rings. The van der Waals surface area contributed by atoms with Crippen molar-refractivity contribution in [2.45, 2.75) is 13.0 Å². The second kappa shape index (κ2) is 6.85. The van der Waals surface area contributed by atoms with Crippen molar-refractivity contribution < 1.29 is 4.57 Å². The first-order valence-electron chi connectivity index (χ1n) is 9.57. The Bertz CT molecular complexity index is 1410. The second-order valence-corrected chi connectivity index (χ2v) is 10.9. The van der Waals surface area contributed by atoms with Crippen molar-refractivity contribution in [2.24, 2.45) is 0 Å². The summed E-state index contributed by atoms with van der Waals surface area (Å²) in [6.07, 6.45) is 7.41. The number of fused-ring (bicyclic) bond motifs is 2. The summed E-state index contributed by atoms with van der Waals surface area (Å²) in [5.74, 6) is 0. The summed E-state index contributed by atoms with van der Waals surface area (Å²) in [5.41, 5.74) is 4.69. The van der Waals surface area contributed by atoms with E-state index < -0.39 is 7.14 Å². The number of imidazole rings is 1. The molecule has 0 amide bonds. The quantitative estimate of drug-likeness (QED) is 0.416. The van der Waals surface area contributed by atoms with Crippen LogP contribution in [0.1, 0.15) is 18.5 Å². The average molecular weight is 417 g/mol. The molecule has 150 valence electrons. The fourth-order valence-corrected chi connectivity index (χ4v) is 4.31. The van der Waals surface area contributed by atoms with Gasteiger partial charge in [-0.1, -0.05) is 35.5 Å². The molecule has 1 unspecified atom stereocenters. The van der Waals surface area contributed by atoms with Crippen molar-refractivity contribution in [2.75, 3.05) is 13.3 Å². The highest BCUT2D eigenvalue weighted by molar-refractivity contribution is 7.70. The van der Waals surface area contributed by atoms with Crippen LogP contribution in [0.4, 0.5) is 0 Å². The molecule has 4 aromatic heterocycles. The Labute approximate surface area is 173 Å². The lowest BCUT2D eigenvalue weighted by Crippen LogP contribution is -2.10. The van der Waals surface area contributed by atoms with E-state index in [2.05, 4.69) is 27.2 Å². The Morgan fingerprint density at radius 2 is 1.83 bits per heavy atom. The van der Waals surface area contributed by atoms with E-state index in [9.17, 15) is 4.57 Å². The van der Waals surface area contributed by atoms with Crippen LogP contribution in [0.5, 0.6) is 0 Å². The van der Waals surface area contributed by atoms with Gasteiger partial charge in [0, 0.05) is 29.5 Å². The van der Waals surface area contributed by atoms with Crippen molar-refractivity contribution >= 4 is 29.4 Å². The molecule has 4 heterocycles. The first-order chi connectivity index (χ1) is 14.4. The maximum atomic E-state index is 12.3. The van der Waals surface area contributed by atoms with Gasteiger partial charge in [-0.15, -0.1) is 5.10 Å². The highest BCUT2D eigenvalue weighted by atomic mass is 31.2. The average Bonchev–Trinajstić information content (AvgIpc) is 3.38. The molecule has 0 saturated heterocycles. The maximum absolute atomic E-state index is 12.3. The molecule has 0 aliphatic heterocycles. The van der Waals surface area contributed by atoms with Gasteiger partial charge < -0.3 is 8.97 Å². The van der Waals surface area contributed by atoms with E-state index in [4.69, 9.17) is 4.98 Å². The molecule has 1 atom stereocenters. The first kappa shape index (κ1) is 18.6. The smallest absolute Gasteiger partial charge is 0.221 e. The van der Waals surface area contributed by atoms with Crippen molar-refractivity contribution in [3.8, 4) is 11.3 Å². The van der Waals surface area contributed by atoms with Gasteiger partial charge in [-0.25, -0.2) is 19.6 Å². The molecule has 5 rings (SSSR count). The number of benzene rings is 1. The van der Waals surface area contributed by atoms with Gasteiger partial charge in [-0.05, 0) is 31.9 Å². The third-order valence-electron chi connectivity index (χ3n) is 5.23. The van der Waals surface area contributed by atoms with Gasteiger partial charge in [0.05, 0.1) is 17.9 Å². The second-order valence-electron chi connectivity index (χ2n) is 7.67. The first-order valence-corrected chi connectivity index (χ1v) is 12.2. The van der Waals surface area contributed by atoms with Crippen molar-refractivity contribution in [3.05, 3.63) is 66.7 Å². The zero-order valence-electron chi connectivity index (χ0n) is 16.8. The van der Waals surface area contributed by atoms with Crippen LogP contribution in [0, 0.1) is 0 Å². The number of hydrogen-bond donors (Lipinski definition) is 0. The van der Waals surface area contributed by atoms with Gasteiger partial charge in [0.15, 0.2) is 5.65 Å². The fourth-order valence-electron chi connectivity index (χ4n) is 3.45. The van der Waals surface area contributed by atoms with Crippen LogP contribution in [0.15, 0.2) is 61.2 Å². The van der Waals surface area contributed by atoms with E-state index in [1.54, 1.807) is 30.4 Å². The van der Waals surface area contributed by atoms with Crippen molar-refractivity contribution in [3.63, 3.8) is 0 Å². The molecular formula is C21H20N7OP. The highest BCUT2D eigenvalue weighted by Gasteiger charge is 2.17. The summed E-state index contributed by atoms with van der Waals surface area (Å²) >= 11 is 0. The molecule has 0 aliphatic rings. The molecular weight excluding hydrogens is 397 g/mol. The molecule has 0 saturated carbocycles. The molecule has 0 N–H and O–H groups in total. The van der Waals surface area contributed by atoms with Gasteiger partial charge in [0.25, 0.3) is 0 Å². The Kier molecular flexibility index (Phi) is 4.25. The lowest BCUT2D eigenvalue weighted by atomic mass is 10.1. The minimum atomic E-state index is -2.29. The zero-order chi connectivity index (χ0) is 20.9. The molecule has 0 radical (unpaired) electrons. The molecule has 0 aliphatic carbocycles. The number of pyridine rings is 1. The van der Waals surface area contributed by atoms with Crippen LogP contribution in [0.3, 0.4) is 0 Å². The summed E-state index contributed by atoms with van der Waals surface area (Å²) in [7, 11) is -2.29. The Morgan fingerprint density at radius 3 is 2.60 bits per heavy atom. The third kappa shape index (κ3) is 3.19. The Balaban J connectivity index is 1.55. The fraction of sp³-hybridized carbons (Fsp3) is 0.190. The molecule has 0 bridgehead atoms. The lowest BCUT2D eigenvalue weighted by molar-refractivity contribution is 0.554. The predicted octanol–water partition coefficient (Wildman–Crippen LogP) is 3.39. The molecule has 8 nitrogen and oxygen atoms in total. The number of aromatic nitrogens is 7. The van der Waals surface area contributed by atoms with E-state index in [1.165, 1.54) is 0 Å². The van der Waals surface area contributed by atoms with Crippen molar-refractivity contribution in [1.82, 2.24) is 34.3 Å². The predicted molar refractivity (Wildman–Crippen MR) is 117 cm³/mol. The van der Waals surface area contributed by atoms with Crippen molar-refractivity contribution in [1.29, 1.82) is 0 Å². The summed E-state index contributed by atoms with van der Waals surface area (Å²) in [5, 5.41) is 9.33. The van der Waals surface area contributed by atoms with Gasteiger partial charge in [0.1, 0.15) is 12.8 Å². The molecule has 0 fully saturated rings. The van der Waals surface area contributed by atoms with Gasteiger partial charge in [0.2, 0.25) is 5.65 Å². The van der Waals surface area contributed by atoms with Crippen LogP contribution >= 0.6 is 7.14 Å². The van der Waals surface area contributed by atoms with E-state index in [1.807, 2.05) is 53.2 Å². The molecule has 0 spiro atoms. The van der Waals surface area contributed by atoms with Crippen LogP contribution in [-0.2, 0) is 4.57 Å². The highest BCUT2D eigenvalue weighted by Crippen LogP contribution is 2.35. The SMILES string of the molecule is CC(c1ccc2nccn2c1)n1nnc2ncc(-c3ccc(P(C)(C)=O)cc3)nc21. The minimum absolute atomic E-state index is 0.0835. The number of rotatable bonds is 4. The lowest BCUT2D eigenvalue weighted by Gasteiger charge is -2.13. The number of hydrogen-bond acceptors (Lipinski definition) is 6. The molecule has 30 heavy (non-hydrogen) atoms. The monoisotopic (exact) mass is 417 g/mol. The normalized spacial score (nSPS) is 13.2. The standard InChI is InChI=1S/C21H20N7OP/c1-14(16-6-9-19-22-10-11-27(19)13-16)28-21-20(25-26-28)23-12-18(24-21)15-4-7-17(8-5-15)30(2,3)29/h4-14H,1-3H3. The van der Waals surface area contributed by atoms with E-state index in [0.29, 0.717) is 11.3 Å². The van der Waals surface area contributed by atoms with E-state index in [-0.39, 0.29) is 6.04 Å². The third-order valence-corrected chi connectivity index (χ3v) is 6.78. The number of nitrogens with zero attached hydrogens (tertiary/aromatic N) is 7. The summed E-state index contributed by atoms with van der Waals surface area (Å²) in [6, 6.07) is 11.6. The van der Waals surface area contributed by atoms with E-state index in [0.717, 1.165) is 27.8 Å². The van der Waals surface area contributed by atoms with Gasteiger partial charge in [-0.2, -0.15) is 0 Å². The topological polar surface area (TPSA) is 90.9 Å². The van der Waals surface area contributed by atoms with Gasteiger partial charge in [-0.3, -0.25) is 0 Å². The van der Waals surface area contributed by atoms with Crippen LogP contribution in [0.25, 0.3) is 28.2 Å². The van der Waals surface area contributed by atoms with Gasteiger partial charge >= 0.3 is 0 Å². The van der Waals surface area contributed by atoms with E-state index >= 15 is 0 Å². The molecule has 1 aromatic carbocycles. The Hall–Kier alpha value is -3.38. The Morgan fingerprint density at radius 1 is 1.03 bits per heavy atom. The zero-order valence-corrected chi connectivity index (χ0v) is 17.7. The minimum Gasteiger partial charge on any atom is -0.319 e. The van der Waals surface area contributed by atoms with Crippen LogP contribution < -0.4 is 5.30 Å². The molecule has 9 heteroatoms. The summed E-state index contributed by atoms with van der Waals surface area (Å²) in [6.45, 7) is 5.58. The maximum Gasteiger partial charge on any atom is 0.221 e. The summed E-state index contributed by atoms with van der Waals surface area (Å²) in [4.78, 5) is 13.5. The summed E-state index contributed by atoms with van der Waals surface area (Å²) < 4.78 is 16.0. The van der Waals surface area contributed by atoms with Crippen LogP contribution in [-0.4, -0.2) is 47.7 Å². The van der Waals surface area contributed by atoms with Crippen LogP contribution in [0.2, 0.25) is 0 Å². The largest absolute Gasteiger partial charge is 0.319 e.